The molecule has 3 rings (SSSR count). The Kier molecular flexibility index (Phi) is 4.82. The van der Waals surface area contributed by atoms with Crippen LogP contribution in [-0.4, -0.2) is 42.4 Å². The van der Waals surface area contributed by atoms with Gasteiger partial charge in [-0.3, -0.25) is 9.59 Å². The first kappa shape index (κ1) is 16.5. The van der Waals surface area contributed by atoms with E-state index in [1.807, 2.05) is 0 Å². The molecule has 1 atom stereocenters. The minimum Gasteiger partial charge on any atom is -0.463 e. The van der Waals surface area contributed by atoms with Crippen molar-refractivity contribution in [3.05, 3.63) is 46.4 Å². The van der Waals surface area contributed by atoms with Crippen molar-refractivity contribution in [3.63, 3.8) is 0 Å². The molecule has 3 heterocycles. The highest BCUT2D eigenvalue weighted by Crippen LogP contribution is 2.31. The van der Waals surface area contributed by atoms with Gasteiger partial charge < -0.3 is 24.6 Å². The van der Waals surface area contributed by atoms with E-state index in [1.165, 1.54) is 12.3 Å². The van der Waals surface area contributed by atoms with Crippen LogP contribution in [-0.2, 0) is 4.74 Å². The molecule has 0 radical (unpaired) electrons. The molecule has 1 aliphatic rings. The summed E-state index contributed by atoms with van der Waals surface area (Å²) in [7, 11) is 0. The molecule has 2 aromatic heterocycles. The second-order valence-electron chi connectivity index (χ2n) is 6.05. The molecule has 3 N–H and O–H groups in total. The highest BCUT2D eigenvalue weighted by molar-refractivity contribution is 5.94. The Labute approximate surface area is 138 Å². The molecule has 128 valence electrons. The van der Waals surface area contributed by atoms with Gasteiger partial charge in [0.05, 0.1) is 18.6 Å². The number of aliphatic hydroxyl groups is 1. The number of aromatic amines is 1. The average molecular weight is 332 g/mol. The number of hydrogen-bond acceptors (Lipinski definition) is 5. The molecule has 0 bridgehead atoms. The largest absolute Gasteiger partial charge is 0.463 e. The van der Waals surface area contributed by atoms with E-state index in [2.05, 4.69) is 10.3 Å². The van der Waals surface area contributed by atoms with Crippen LogP contribution in [0.5, 0.6) is 0 Å². The second-order valence-corrected chi connectivity index (χ2v) is 6.05. The summed E-state index contributed by atoms with van der Waals surface area (Å²) < 4.78 is 10.6. The zero-order valence-electron chi connectivity index (χ0n) is 13.2. The van der Waals surface area contributed by atoms with Crippen molar-refractivity contribution >= 4 is 5.91 Å². The summed E-state index contributed by atoms with van der Waals surface area (Å²) in [5, 5.41) is 12.0. The third-order valence-corrected chi connectivity index (χ3v) is 4.39. The standard InChI is InChI=1S/C17H20N2O5/c20-7-5-17(6-9-23-11-17)10-18-15(21)12-3-4-13(19-16(12)22)14-2-1-8-24-14/h1-4,8,20H,5-7,9-11H2,(H,18,21)(H,19,22)/t17-/m0/s1. The topological polar surface area (TPSA) is 105 Å². The highest BCUT2D eigenvalue weighted by Gasteiger charge is 2.34. The number of ether oxygens (including phenoxy) is 1. The highest BCUT2D eigenvalue weighted by atomic mass is 16.5. The molecular weight excluding hydrogens is 312 g/mol. The fraction of sp³-hybridized carbons (Fsp3) is 0.412. The van der Waals surface area contributed by atoms with E-state index >= 15 is 0 Å². The van der Waals surface area contributed by atoms with Gasteiger partial charge in [-0.05, 0) is 37.1 Å². The van der Waals surface area contributed by atoms with Crippen LogP contribution in [0.15, 0.2) is 39.7 Å². The maximum Gasteiger partial charge on any atom is 0.261 e. The van der Waals surface area contributed by atoms with Crippen LogP contribution in [0.25, 0.3) is 11.5 Å². The number of furan rings is 1. The molecule has 7 nitrogen and oxygen atoms in total. The van der Waals surface area contributed by atoms with Crippen molar-refractivity contribution < 1.29 is 19.1 Å². The minimum atomic E-state index is -0.472. The quantitative estimate of drug-likeness (QED) is 0.736. The van der Waals surface area contributed by atoms with Crippen LogP contribution in [0, 0.1) is 5.41 Å². The Hall–Kier alpha value is -2.38. The second kappa shape index (κ2) is 7.02. The van der Waals surface area contributed by atoms with E-state index in [1.54, 1.807) is 18.2 Å². The molecule has 1 fully saturated rings. The third kappa shape index (κ3) is 3.42. The van der Waals surface area contributed by atoms with Crippen molar-refractivity contribution in [1.82, 2.24) is 10.3 Å². The van der Waals surface area contributed by atoms with Gasteiger partial charge in [-0.2, -0.15) is 0 Å². The van der Waals surface area contributed by atoms with Crippen LogP contribution in [0.4, 0.5) is 0 Å². The van der Waals surface area contributed by atoms with Gasteiger partial charge in [0.1, 0.15) is 11.3 Å². The number of H-pyrrole nitrogens is 1. The van der Waals surface area contributed by atoms with E-state index in [4.69, 9.17) is 9.15 Å². The van der Waals surface area contributed by atoms with E-state index in [0.29, 0.717) is 37.6 Å². The van der Waals surface area contributed by atoms with Gasteiger partial charge in [0.2, 0.25) is 0 Å². The van der Waals surface area contributed by atoms with Crippen molar-refractivity contribution in [2.75, 3.05) is 26.4 Å². The van der Waals surface area contributed by atoms with Gasteiger partial charge in [-0.1, -0.05) is 0 Å². The smallest absolute Gasteiger partial charge is 0.261 e. The van der Waals surface area contributed by atoms with Gasteiger partial charge in [0.25, 0.3) is 11.5 Å². The number of aliphatic hydroxyl groups excluding tert-OH is 1. The Morgan fingerprint density at radius 2 is 2.25 bits per heavy atom. The van der Waals surface area contributed by atoms with Crippen molar-refractivity contribution in [3.8, 4) is 11.5 Å². The summed E-state index contributed by atoms with van der Waals surface area (Å²) in [6.45, 7) is 1.53. The SMILES string of the molecule is O=C(NC[C@]1(CCO)CCOC1)c1ccc(-c2ccco2)[nH]c1=O. The first-order valence-electron chi connectivity index (χ1n) is 7.88. The molecule has 24 heavy (non-hydrogen) atoms. The average Bonchev–Trinajstić information content (AvgIpc) is 3.25. The first-order valence-corrected chi connectivity index (χ1v) is 7.88. The Morgan fingerprint density at radius 1 is 1.38 bits per heavy atom. The van der Waals surface area contributed by atoms with Gasteiger partial charge in [-0.15, -0.1) is 0 Å². The molecule has 0 aliphatic carbocycles. The van der Waals surface area contributed by atoms with Crippen molar-refractivity contribution in [2.45, 2.75) is 12.8 Å². The molecule has 7 heteroatoms. The van der Waals surface area contributed by atoms with Gasteiger partial charge in [-0.25, -0.2) is 0 Å². The normalized spacial score (nSPS) is 20.2. The maximum atomic E-state index is 12.3. The third-order valence-electron chi connectivity index (χ3n) is 4.39. The fourth-order valence-electron chi connectivity index (χ4n) is 2.90. The van der Waals surface area contributed by atoms with E-state index < -0.39 is 11.5 Å². The number of aromatic nitrogens is 1. The Balaban J connectivity index is 1.70. The van der Waals surface area contributed by atoms with Gasteiger partial charge >= 0.3 is 0 Å². The summed E-state index contributed by atoms with van der Waals surface area (Å²) in [4.78, 5) is 27.1. The predicted molar refractivity (Wildman–Crippen MR) is 86.7 cm³/mol. The molecule has 2 aromatic rings. The maximum absolute atomic E-state index is 12.3. The summed E-state index contributed by atoms with van der Waals surface area (Å²) >= 11 is 0. The van der Waals surface area contributed by atoms with Gasteiger partial charge in [0.15, 0.2) is 0 Å². The van der Waals surface area contributed by atoms with E-state index in [-0.39, 0.29) is 17.6 Å². The zero-order valence-corrected chi connectivity index (χ0v) is 13.2. The molecule has 0 saturated carbocycles. The summed E-state index contributed by atoms with van der Waals surface area (Å²) in [5.74, 6) is 0.0931. The lowest BCUT2D eigenvalue weighted by Crippen LogP contribution is -2.40. The molecule has 1 aliphatic heterocycles. The zero-order chi connectivity index (χ0) is 17.0. The fourth-order valence-corrected chi connectivity index (χ4v) is 2.90. The molecule has 0 spiro atoms. The number of amides is 1. The Bertz CT molecular complexity index is 745. The summed E-state index contributed by atoms with van der Waals surface area (Å²) in [5.41, 5.74) is -0.170. The van der Waals surface area contributed by atoms with Crippen LogP contribution in [0.2, 0.25) is 0 Å². The number of nitrogens with one attached hydrogen (secondary N) is 2. The number of pyridine rings is 1. The van der Waals surface area contributed by atoms with Crippen LogP contribution in [0.1, 0.15) is 23.2 Å². The number of hydrogen-bond donors (Lipinski definition) is 3. The molecule has 0 aromatic carbocycles. The first-order chi connectivity index (χ1) is 11.6. The number of rotatable bonds is 6. The predicted octanol–water partition coefficient (Wildman–Crippen LogP) is 1.15. The van der Waals surface area contributed by atoms with E-state index in [9.17, 15) is 14.7 Å². The monoisotopic (exact) mass is 332 g/mol. The van der Waals surface area contributed by atoms with Crippen LogP contribution >= 0.6 is 0 Å². The molecule has 1 amide bonds. The number of carbonyl (C=O) groups is 1. The van der Waals surface area contributed by atoms with Crippen LogP contribution < -0.4 is 10.9 Å². The number of carbonyl (C=O) groups excluding carboxylic acids is 1. The van der Waals surface area contributed by atoms with Gasteiger partial charge in [0, 0.05) is 25.2 Å². The lowest BCUT2D eigenvalue weighted by molar-refractivity contribution is 0.0888. The van der Waals surface area contributed by atoms with Crippen molar-refractivity contribution in [2.24, 2.45) is 5.41 Å². The lowest BCUT2D eigenvalue weighted by Gasteiger charge is -2.26. The summed E-state index contributed by atoms with van der Waals surface area (Å²) in [6, 6.07) is 6.56. The minimum absolute atomic E-state index is 0.0393. The molecule has 1 saturated heterocycles. The lowest BCUT2D eigenvalue weighted by atomic mass is 9.84. The van der Waals surface area contributed by atoms with Crippen molar-refractivity contribution in [1.29, 1.82) is 0 Å². The van der Waals surface area contributed by atoms with Crippen LogP contribution in [0.3, 0.4) is 0 Å². The van der Waals surface area contributed by atoms with E-state index in [0.717, 1.165) is 6.42 Å². The molecular formula is C17H20N2O5. The summed E-state index contributed by atoms with van der Waals surface area (Å²) in [6.07, 6.45) is 2.85. The Morgan fingerprint density at radius 3 is 2.88 bits per heavy atom. The molecule has 0 unspecified atom stereocenters.